The number of amides is 1. The molecule has 0 heterocycles. The second kappa shape index (κ2) is 5.66. The van der Waals surface area contributed by atoms with E-state index in [1.54, 1.807) is 30.1 Å². The predicted octanol–water partition coefficient (Wildman–Crippen LogP) is 2.52. The molecular formula is C11H14BrClN2O. The molecule has 5 heteroatoms. The number of benzene rings is 1. The molecule has 88 valence electrons. The van der Waals surface area contributed by atoms with Crippen LogP contribution in [0.15, 0.2) is 22.7 Å². The van der Waals surface area contributed by atoms with Crippen LogP contribution in [0, 0.1) is 0 Å². The molecule has 0 aromatic heterocycles. The van der Waals surface area contributed by atoms with Crippen molar-refractivity contribution in [3.8, 4) is 0 Å². The Hall–Kier alpha value is -0.580. The molecule has 0 radical (unpaired) electrons. The fourth-order valence-electron chi connectivity index (χ4n) is 1.21. The van der Waals surface area contributed by atoms with Gasteiger partial charge in [-0.1, -0.05) is 27.5 Å². The number of halogens is 2. The smallest absolute Gasteiger partial charge is 0.255 e. The monoisotopic (exact) mass is 304 g/mol. The van der Waals surface area contributed by atoms with Gasteiger partial charge in [0.1, 0.15) is 0 Å². The van der Waals surface area contributed by atoms with E-state index in [9.17, 15) is 4.79 Å². The zero-order valence-electron chi connectivity index (χ0n) is 9.21. The predicted molar refractivity (Wildman–Crippen MR) is 69.8 cm³/mol. The van der Waals surface area contributed by atoms with Gasteiger partial charge in [0.05, 0.1) is 10.6 Å². The Morgan fingerprint density at radius 1 is 1.62 bits per heavy atom. The lowest BCUT2D eigenvalue weighted by atomic mass is 10.2. The van der Waals surface area contributed by atoms with Crippen molar-refractivity contribution < 1.29 is 4.79 Å². The third-order valence-electron chi connectivity index (χ3n) is 2.48. The lowest BCUT2D eigenvalue weighted by Gasteiger charge is -2.24. The first kappa shape index (κ1) is 13.5. The molecule has 0 aliphatic rings. The molecule has 3 nitrogen and oxygen atoms in total. The van der Waals surface area contributed by atoms with E-state index in [1.165, 1.54) is 0 Å². The van der Waals surface area contributed by atoms with Gasteiger partial charge in [-0.2, -0.15) is 0 Å². The zero-order chi connectivity index (χ0) is 12.3. The first-order chi connectivity index (χ1) is 7.47. The molecule has 0 spiro atoms. The number of hydrogen-bond acceptors (Lipinski definition) is 2. The molecular weight excluding hydrogens is 291 g/mol. The Morgan fingerprint density at radius 2 is 2.25 bits per heavy atom. The van der Waals surface area contributed by atoms with E-state index in [2.05, 4.69) is 15.9 Å². The van der Waals surface area contributed by atoms with Gasteiger partial charge in [-0.25, -0.2) is 0 Å². The SMILES string of the molecule is CC(CN)N(C)C(=O)c1cc(Br)ccc1Cl. The van der Waals surface area contributed by atoms with Crippen LogP contribution in [0.25, 0.3) is 0 Å². The van der Waals surface area contributed by atoms with Crippen LogP contribution < -0.4 is 5.73 Å². The molecule has 1 unspecified atom stereocenters. The number of likely N-dealkylation sites (N-methyl/N-ethyl adjacent to an activating group) is 1. The Balaban J connectivity index is 3.00. The molecule has 0 saturated heterocycles. The molecule has 0 bridgehead atoms. The number of rotatable bonds is 3. The summed E-state index contributed by atoms with van der Waals surface area (Å²) in [6.45, 7) is 2.32. The van der Waals surface area contributed by atoms with Crippen LogP contribution in [0.1, 0.15) is 17.3 Å². The maximum atomic E-state index is 12.1. The molecule has 2 N–H and O–H groups in total. The van der Waals surface area contributed by atoms with Gasteiger partial charge in [-0.3, -0.25) is 4.79 Å². The Morgan fingerprint density at radius 3 is 2.81 bits per heavy atom. The van der Waals surface area contributed by atoms with Gasteiger partial charge in [0.15, 0.2) is 0 Å². The first-order valence-electron chi connectivity index (χ1n) is 4.89. The quantitative estimate of drug-likeness (QED) is 0.933. The second-order valence-electron chi connectivity index (χ2n) is 3.62. The summed E-state index contributed by atoms with van der Waals surface area (Å²) >= 11 is 9.30. The van der Waals surface area contributed by atoms with E-state index in [4.69, 9.17) is 17.3 Å². The largest absolute Gasteiger partial charge is 0.338 e. The minimum absolute atomic E-state index is 0.0115. The maximum Gasteiger partial charge on any atom is 0.255 e. The van der Waals surface area contributed by atoms with Gasteiger partial charge in [0.25, 0.3) is 5.91 Å². The van der Waals surface area contributed by atoms with Crippen molar-refractivity contribution in [2.75, 3.05) is 13.6 Å². The summed E-state index contributed by atoms with van der Waals surface area (Å²) < 4.78 is 0.828. The summed E-state index contributed by atoms with van der Waals surface area (Å²) in [6.07, 6.45) is 0. The van der Waals surface area contributed by atoms with Crippen LogP contribution in [-0.4, -0.2) is 30.4 Å². The molecule has 1 aromatic rings. The second-order valence-corrected chi connectivity index (χ2v) is 4.95. The van der Waals surface area contributed by atoms with Crippen LogP contribution in [0.3, 0.4) is 0 Å². The molecule has 1 atom stereocenters. The summed E-state index contributed by atoms with van der Waals surface area (Å²) in [4.78, 5) is 13.7. The van der Waals surface area contributed by atoms with Crippen molar-refractivity contribution in [2.24, 2.45) is 5.73 Å². The summed E-state index contributed by atoms with van der Waals surface area (Å²) in [5.74, 6) is -0.121. The van der Waals surface area contributed by atoms with E-state index in [-0.39, 0.29) is 11.9 Å². The molecule has 16 heavy (non-hydrogen) atoms. The molecule has 1 aromatic carbocycles. The van der Waals surface area contributed by atoms with Gasteiger partial charge in [-0.15, -0.1) is 0 Å². The average Bonchev–Trinajstić information content (AvgIpc) is 2.29. The Bertz CT molecular complexity index is 398. The maximum absolute atomic E-state index is 12.1. The number of hydrogen-bond donors (Lipinski definition) is 1. The highest BCUT2D eigenvalue weighted by Crippen LogP contribution is 2.22. The van der Waals surface area contributed by atoms with Crippen molar-refractivity contribution in [2.45, 2.75) is 13.0 Å². The van der Waals surface area contributed by atoms with Gasteiger partial charge < -0.3 is 10.6 Å². The van der Waals surface area contributed by atoms with Crippen LogP contribution in [0.4, 0.5) is 0 Å². The minimum atomic E-state index is -0.121. The topological polar surface area (TPSA) is 46.3 Å². The Kier molecular flexibility index (Phi) is 4.77. The lowest BCUT2D eigenvalue weighted by Crippen LogP contribution is -2.39. The highest BCUT2D eigenvalue weighted by Gasteiger charge is 2.18. The van der Waals surface area contributed by atoms with Crippen LogP contribution >= 0.6 is 27.5 Å². The number of nitrogens with two attached hydrogens (primary N) is 1. The minimum Gasteiger partial charge on any atom is -0.338 e. The van der Waals surface area contributed by atoms with E-state index in [0.29, 0.717) is 17.1 Å². The van der Waals surface area contributed by atoms with Crippen LogP contribution in [-0.2, 0) is 0 Å². The molecule has 1 rings (SSSR count). The Labute approximate surface area is 109 Å². The van der Waals surface area contributed by atoms with Crippen LogP contribution in [0.2, 0.25) is 5.02 Å². The van der Waals surface area contributed by atoms with Gasteiger partial charge in [0.2, 0.25) is 0 Å². The summed E-state index contributed by atoms with van der Waals surface area (Å²) in [5, 5.41) is 0.448. The summed E-state index contributed by atoms with van der Waals surface area (Å²) in [6, 6.07) is 5.19. The molecule has 0 fully saturated rings. The fourth-order valence-corrected chi connectivity index (χ4v) is 1.77. The number of carbonyl (C=O) groups excluding carboxylic acids is 1. The van der Waals surface area contributed by atoms with Crippen LogP contribution in [0.5, 0.6) is 0 Å². The average molecular weight is 306 g/mol. The van der Waals surface area contributed by atoms with Gasteiger partial charge in [0, 0.05) is 24.1 Å². The van der Waals surface area contributed by atoms with Gasteiger partial charge >= 0.3 is 0 Å². The van der Waals surface area contributed by atoms with E-state index in [0.717, 1.165) is 4.47 Å². The normalized spacial score (nSPS) is 12.3. The lowest BCUT2D eigenvalue weighted by molar-refractivity contribution is 0.0748. The van der Waals surface area contributed by atoms with Crippen molar-refractivity contribution >= 4 is 33.4 Å². The molecule has 1 amide bonds. The highest BCUT2D eigenvalue weighted by molar-refractivity contribution is 9.10. The van der Waals surface area contributed by atoms with E-state index >= 15 is 0 Å². The van der Waals surface area contributed by atoms with Crippen molar-refractivity contribution in [3.63, 3.8) is 0 Å². The highest BCUT2D eigenvalue weighted by atomic mass is 79.9. The third kappa shape index (κ3) is 2.97. The number of nitrogens with zero attached hydrogens (tertiary/aromatic N) is 1. The molecule has 0 aliphatic heterocycles. The standard InChI is InChI=1S/C11H14BrClN2O/c1-7(6-14)15(2)11(16)9-5-8(12)3-4-10(9)13/h3-5,7H,6,14H2,1-2H3. The van der Waals surface area contributed by atoms with Gasteiger partial charge in [-0.05, 0) is 25.1 Å². The van der Waals surface area contributed by atoms with Crippen molar-refractivity contribution in [3.05, 3.63) is 33.3 Å². The summed E-state index contributed by atoms with van der Waals surface area (Å²) in [7, 11) is 1.72. The number of carbonyl (C=O) groups is 1. The third-order valence-corrected chi connectivity index (χ3v) is 3.30. The molecule has 0 aliphatic carbocycles. The van der Waals surface area contributed by atoms with Crippen molar-refractivity contribution in [1.29, 1.82) is 0 Å². The van der Waals surface area contributed by atoms with E-state index in [1.807, 2.05) is 6.92 Å². The fraction of sp³-hybridized carbons (Fsp3) is 0.364. The summed E-state index contributed by atoms with van der Waals surface area (Å²) in [5.41, 5.74) is 6.01. The van der Waals surface area contributed by atoms with E-state index < -0.39 is 0 Å². The van der Waals surface area contributed by atoms with Crippen molar-refractivity contribution in [1.82, 2.24) is 4.90 Å². The molecule has 0 saturated carbocycles. The first-order valence-corrected chi connectivity index (χ1v) is 6.06. The zero-order valence-corrected chi connectivity index (χ0v) is 11.5.